The summed E-state index contributed by atoms with van der Waals surface area (Å²) in [5, 5.41) is 10.9. The number of hydrogen-bond donors (Lipinski definition) is 1. The van der Waals surface area contributed by atoms with Crippen LogP contribution in [0.1, 0.15) is 34.2 Å². The maximum atomic E-state index is 14.3. The van der Waals surface area contributed by atoms with E-state index in [1.54, 1.807) is 13.1 Å². The van der Waals surface area contributed by atoms with Gasteiger partial charge in [-0.25, -0.2) is 4.79 Å². The lowest BCUT2D eigenvalue weighted by Crippen LogP contribution is -2.34. The van der Waals surface area contributed by atoms with Gasteiger partial charge < -0.3 is 9.52 Å². The minimum atomic E-state index is -0.726. The van der Waals surface area contributed by atoms with E-state index in [1.807, 2.05) is 89.8 Å². The smallest absolute Gasteiger partial charge is 0.419 e. The number of amides is 1. The molecule has 2 heterocycles. The Morgan fingerprint density at radius 1 is 0.800 bits per heavy atom. The van der Waals surface area contributed by atoms with Crippen LogP contribution in [0.3, 0.4) is 0 Å². The number of nitrogens with zero attached hydrogens (tertiary/aromatic N) is 2. The molecule has 1 aliphatic rings. The number of phenolic OH excluding ortho intramolecular Hbond substituents is 1. The second kappa shape index (κ2) is 8.02. The molecule has 4 aromatic carbocycles. The molecular weight excluding hydrogens is 440 g/mol. The van der Waals surface area contributed by atoms with Crippen LogP contribution in [0.4, 0.5) is 5.69 Å². The summed E-state index contributed by atoms with van der Waals surface area (Å²) in [6.07, 6.45) is 0. The molecule has 6 rings (SSSR count). The van der Waals surface area contributed by atoms with Crippen LogP contribution in [0, 0.1) is 0 Å². The van der Waals surface area contributed by atoms with Gasteiger partial charge in [-0.15, -0.1) is 0 Å². The average Bonchev–Trinajstić information content (AvgIpc) is 3.32. The van der Waals surface area contributed by atoms with Gasteiger partial charge in [-0.05, 0) is 28.8 Å². The van der Waals surface area contributed by atoms with Crippen molar-refractivity contribution < 1.29 is 14.3 Å². The number of aryl methyl sites for hydroxylation is 1. The maximum absolute atomic E-state index is 14.3. The van der Waals surface area contributed by atoms with Crippen molar-refractivity contribution in [1.82, 2.24) is 4.57 Å². The van der Waals surface area contributed by atoms with Crippen LogP contribution in [-0.4, -0.2) is 15.6 Å². The van der Waals surface area contributed by atoms with Crippen molar-refractivity contribution in [3.8, 4) is 5.75 Å². The van der Waals surface area contributed by atoms with Crippen LogP contribution < -0.4 is 10.7 Å². The SMILES string of the molecule is Cn1c(=O)oc2cc(O)c(C3C(=O)N(C(c4ccccc4)c4ccccc4)c4ccccc43)cc21. The lowest BCUT2D eigenvalue weighted by molar-refractivity contribution is -0.118. The van der Waals surface area contributed by atoms with Crippen LogP contribution in [-0.2, 0) is 11.8 Å². The number of rotatable bonds is 4. The molecule has 172 valence electrons. The van der Waals surface area contributed by atoms with Crippen molar-refractivity contribution >= 4 is 22.7 Å². The zero-order valence-electron chi connectivity index (χ0n) is 19.0. The van der Waals surface area contributed by atoms with Gasteiger partial charge in [0.15, 0.2) is 5.58 Å². The molecule has 0 spiro atoms. The standard InChI is InChI=1S/C29H22N2O4/c1-30-23-16-21(24(32)17-25(23)35-29(30)34)26-20-14-8-9-15-22(20)31(28(26)33)27(18-10-4-2-5-11-18)19-12-6-3-7-13-19/h2-17,26-27,32H,1H3. The molecule has 35 heavy (non-hydrogen) atoms. The van der Waals surface area contributed by atoms with E-state index in [0.717, 1.165) is 22.4 Å². The summed E-state index contributed by atoms with van der Waals surface area (Å²) < 4.78 is 6.59. The Labute approximate surface area is 201 Å². The maximum Gasteiger partial charge on any atom is 0.419 e. The third kappa shape index (κ3) is 3.26. The summed E-state index contributed by atoms with van der Waals surface area (Å²) >= 11 is 0. The third-order valence-corrected chi connectivity index (χ3v) is 6.73. The number of fused-ring (bicyclic) bond motifs is 2. The lowest BCUT2D eigenvalue weighted by atomic mass is 9.91. The van der Waals surface area contributed by atoms with Crippen LogP contribution in [0.15, 0.2) is 106 Å². The molecule has 1 amide bonds. The third-order valence-electron chi connectivity index (χ3n) is 6.73. The number of benzene rings is 4. The first-order chi connectivity index (χ1) is 17.0. The predicted molar refractivity (Wildman–Crippen MR) is 134 cm³/mol. The van der Waals surface area contributed by atoms with E-state index in [4.69, 9.17) is 4.42 Å². The monoisotopic (exact) mass is 462 g/mol. The normalized spacial score (nSPS) is 15.2. The fraction of sp³-hybridized carbons (Fsp3) is 0.103. The highest BCUT2D eigenvalue weighted by atomic mass is 16.4. The van der Waals surface area contributed by atoms with Crippen LogP contribution in [0.25, 0.3) is 11.1 Å². The van der Waals surface area contributed by atoms with Gasteiger partial charge in [-0.3, -0.25) is 14.3 Å². The summed E-state index contributed by atoms with van der Waals surface area (Å²) in [4.78, 5) is 28.1. The molecule has 5 aromatic rings. The first-order valence-corrected chi connectivity index (χ1v) is 11.4. The quantitative estimate of drug-likeness (QED) is 0.403. The number of hydrogen-bond acceptors (Lipinski definition) is 4. The number of carbonyl (C=O) groups excluding carboxylic acids is 1. The highest BCUT2D eigenvalue weighted by molar-refractivity contribution is 6.08. The summed E-state index contributed by atoms with van der Waals surface area (Å²) in [5.74, 6) is -1.48. The minimum absolute atomic E-state index is 0.0853. The van der Waals surface area contributed by atoms with Gasteiger partial charge >= 0.3 is 5.76 Å². The first-order valence-electron chi connectivity index (χ1n) is 11.4. The number of phenols is 1. The van der Waals surface area contributed by atoms with E-state index < -0.39 is 11.7 Å². The fourth-order valence-electron chi connectivity index (χ4n) is 5.08. The topological polar surface area (TPSA) is 75.7 Å². The second-order valence-electron chi connectivity index (χ2n) is 8.73. The Bertz CT molecular complexity index is 1580. The second-order valence-corrected chi connectivity index (χ2v) is 8.73. The van der Waals surface area contributed by atoms with Gasteiger partial charge in [0.05, 0.1) is 17.5 Å². The zero-order valence-corrected chi connectivity index (χ0v) is 19.0. The van der Waals surface area contributed by atoms with Crippen molar-refractivity contribution in [1.29, 1.82) is 0 Å². The molecule has 1 N–H and O–H groups in total. The van der Waals surface area contributed by atoms with E-state index in [1.165, 1.54) is 10.6 Å². The minimum Gasteiger partial charge on any atom is -0.507 e. The van der Waals surface area contributed by atoms with Crippen molar-refractivity contribution in [2.24, 2.45) is 7.05 Å². The Balaban J connectivity index is 1.56. The Morgan fingerprint density at radius 3 is 2.06 bits per heavy atom. The van der Waals surface area contributed by atoms with Crippen molar-refractivity contribution in [2.75, 3.05) is 4.90 Å². The highest BCUT2D eigenvalue weighted by Crippen LogP contribution is 2.48. The molecule has 1 unspecified atom stereocenters. The molecule has 0 fully saturated rings. The lowest BCUT2D eigenvalue weighted by Gasteiger charge is -2.30. The van der Waals surface area contributed by atoms with Crippen LogP contribution in [0.2, 0.25) is 0 Å². The highest BCUT2D eigenvalue weighted by Gasteiger charge is 2.43. The van der Waals surface area contributed by atoms with Gasteiger partial charge in [0.2, 0.25) is 5.91 Å². The number of oxazole rings is 1. The summed E-state index contributed by atoms with van der Waals surface area (Å²) in [6.45, 7) is 0. The number of aromatic hydroxyl groups is 1. The molecule has 6 heteroatoms. The molecule has 1 atom stereocenters. The molecule has 0 saturated carbocycles. The average molecular weight is 463 g/mol. The van der Waals surface area contributed by atoms with Gasteiger partial charge in [-0.2, -0.15) is 0 Å². The van der Waals surface area contributed by atoms with Crippen molar-refractivity contribution in [2.45, 2.75) is 12.0 Å². The summed E-state index contributed by atoms with van der Waals surface area (Å²) in [7, 11) is 1.60. The molecule has 1 aromatic heterocycles. The van der Waals surface area contributed by atoms with E-state index in [0.29, 0.717) is 11.1 Å². The number of aromatic nitrogens is 1. The predicted octanol–water partition coefficient (Wildman–Crippen LogP) is 5.11. The number of carbonyl (C=O) groups is 1. The summed E-state index contributed by atoms with van der Waals surface area (Å²) in [5.41, 5.74) is 4.81. The molecule has 0 aliphatic carbocycles. The Hall–Kier alpha value is -4.58. The zero-order chi connectivity index (χ0) is 24.1. The van der Waals surface area contributed by atoms with Crippen LogP contribution in [0.5, 0.6) is 5.75 Å². The van der Waals surface area contributed by atoms with Gasteiger partial charge in [0.25, 0.3) is 0 Å². The van der Waals surface area contributed by atoms with Gasteiger partial charge in [0.1, 0.15) is 5.75 Å². The molecule has 0 bridgehead atoms. The van der Waals surface area contributed by atoms with Gasteiger partial charge in [0, 0.05) is 24.4 Å². The fourth-order valence-corrected chi connectivity index (χ4v) is 5.08. The van der Waals surface area contributed by atoms with Crippen LogP contribution >= 0.6 is 0 Å². The van der Waals surface area contributed by atoms with E-state index in [2.05, 4.69) is 0 Å². The molecule has 0 saturated heterocycles. The Kier molecular flexibility index (Phi) is 4.81. The number of para-hydroxylation sites is 1. The Morgan fingerprint density at radius 2 is 1.40 bits per heavy atom. The van der Waals surface area contributed by atoms with Crippen molar-refractivity contribution in [3.63, 3.8) is 0 Å². The molecule has 0 radical (unpaired) electrons. The summed E-state index contributed by atoms with van der Waals surface area (Å²) in [6, 6.07) is 30.3. The van der Waals surface area contributed by atoms with Gasteiger partial charge in [-0.1, -0.05) is 78.9 Å². The first kappa shape index (κ1) is 21.0. The molecule has 6 nitrogen and oxygen atoms in total. The largest absolute Gasteiger partial charge is 0.507 e. The van der Waals surface area contributed by atoms with E-state index in [9.17, 15) is 14.7 Å². The van der Waals surface area contributed by atoms with Crippen molar-refractivity contribution in [3.05, 3.63) is 130 Å². The van der Waals surface area contributed by atoms with E-state index >= 15 is 0 Å². The molecular formula is C29H22N2O4. The number of anilines is 1. The van der Waals surface area contributed by atoms with E-state index in [-0.39, 0.29) is 23.3 Å². The molecule has 1 aliphatic heterocycles.